The van der Waals surface area contributed by atoms with Crippen LogP contribution in [-0.4, -0.2) is 57.1 Å². The van der Waals surface area contributed by atoms with Crippen LogP contribution in [0.4, 0.5) is 5.69 Å². The van der Waals surface area contributed by atoms with E-state index in [1.807, 2.05) is 50.2 Å². The van der Waals surface area contributed by atoms with Crippen molar-refractivity contribution < 1.29 is 22.7 Å². The number of sulfonamides is 1. The molecule has 2 unspecified atom stereocenters. The molecule has 0 aromatic heterocycles. The monoisotopic (exact) mass is 619 g/mol. The number of halogens is 2. The first-order chi connectivity index (χ1) is 19.4. The first-order valence-corrected chi connectivity index (χ1v) is 15.7. The summed E-state index contributed by atoms with van der Waals surface area (Å²) in [5.74, 6) is -0.345. The van der Waals surface area contributed by atoms with Gasteiger partial charge in [0.15, 0.2) is 0 Å². The predicted molar refractivity (Wildman–Crippen MR) is 164 cm³/mol. The molecule has 8 nitrogen and oxygen atoms in total. The van der Waals surface area contributed by atoms with E-state index in [0.29, 0.717) is 17.7 Å². The first-order valence-electron chi connectivity index (χ1n) is 13.1. The van der Waals surface area contributed by atoms with Crippen molar-refractivity contribution in [2.75, 3.05) is 24.2 Å². The van der Waals surface area contributed by atoms with E-state index in [-0.39, 0.29) is 40.6 Å². The second-order valence-electron chi connectivity index (χ2n) is 9.76. The highest BCUT2D eigenvalue weighted by atomic mass is 35.5. The van der Waals surface area contributed by atoms with Crippen LogP contribution in [0.25, 0.3) is 0 Å². The highest BCUT2D eigenvalue weighted by Gasteiger charge is 2.34. The third kappa shape index (κ3) is 9.11. The number of anilines is 1. The van der Waals surface area contributed by atoms with Gasteiger partial charge in [-0.3, -0.25) is 13.9 Å². The molecule has 0 saturated heterocycles. The number of methoxy groups -OCH3 is 1. The van der Waals surface area contributed by atoms with Gasteiger partial charge in [0, 0.05) is 24.0 Å². The lowest BCUT2D eigenvalue weighted by Crippen LogP contribution is -2.54. The molecule has 0 spiro atoms. The fourth-order valence-corrected chi connectivity index (χ4v) is 5.52. The van der Waals surface area contributed by atoms with Gasteiger partial charge in [-0.05, 0) is 54.8 Å². The molecule has 0 bridgehead atoms. The molecule has 0 saturated carbocycles. The lowest BCUT2D eigenvalue weighted by Gasteiger charge is -2.34. The summed E-state index contributed by atoms with van der Waals surface area (Å²) >= 11 is 12.5. The predicted octanol–water partition coefficient (Wildman–Crippen LogP) is 5.32. The zero-order chi connectivity index (χ0) is 30.2. The summed E-state index contributed by atoms with van der Waals surface area (Å²) in [6.07, 6.45) is 1.90. The minimum atomic E-state index is -3.97. The molecule has 0 aliphatic carbocycles. The number of nitrogens with zero attached hydrogens (tertiary/aromatic N) is 2. The Morgan fingerprint density at radius 1 is 0.976 bits per heavy atom. The Balaban J connectivity index is 2.10. The number of carbonyl (C=O) groups is 2. The molecule has 41 heavy (non-hydrogen) atoms. The summed E-state index contributed by atoms with van der Waals surface area (Å²) in [5, 5.41) is 3.37. The van der Waals surface area contributed by atoms with Crippen LogP contribution in [0.2, 0.25) is 10.0 Å². The number of amides is 2. The van der Waals surface area contributed by atoms with E-state index in [2.05, 4.69) is 5.32 Å². The quantitative estimate of drug-likeness (QED) is 0.279. The lowest BCUT2D eigenvalue weighted by atomic mass is 10.0. The van der Waals surface area contributed by atoms with Crippen molar-refractivity contribution >= 4 is 50.7 Å². The van der Waals surface area contributed by atoms with Gasteiger partial charge in [0.05, 0.1) is 24.1 Å². The van der Waals surface area contributed by atoms with Gasteiger partial charge in [0.1, 0.15) is 18.3 Å². The lowest BCUT2D eigenvalue weighted by molar-refractivity contribution is -0.140. The number of hydrogen-bond acceptors (Lipinski definition) is 5. The van der Waals surface area contributed by atoms with Gasteiger partial charge in [-0.2, -0.15) is 0 Å². The summed E-state index contributed by atoms with van der Waals surface area (Å²) in [5.41, 5.74) is 1.62. The third-order valence-electron chi connectivity index (χ3n) is 6.62. The summed E-state index contributed by atoms with van der Waals surface area (Å²) in [6, 6.07) is 19.8. The largest absolute Gasteiger partial charge is 0.497 e. The van der Waals surface area contributed by atoms with E-state index in [1.165, 1.54) is 23.1 Å². The van der Waals surface area contributed by atoms with E-state index in [1.54, 1.807) is 25.3 Å². The molecule has 220 valence electrons. The van der Waals surface area contributed by atoms with E-state index < -0.39 is 28.5 Å². The summed E-state index contributed by atoms with van der Waals surface area (Å²) < 4.78 is 32.1. The number of nitrogens with one attached hydrogen (secondary N) is 1. The van der Waals surface area contributed by atoms with Crippen molar-refractivity contribution in [3.05, 3.63) is 94.0 Å². The summed E-state index contributed by atoms with van der Waals surface area (Å²) in [7, 11) is -2.43. The second kappa shape index (κ2) is 14.6. The smallest absolute Gasteiger partial charge is 0.244 e. The zero-order valence-corrected chi connectivity index (χ0v) is 25.8. The molecule has 0 heterocycles. The van der Waals surface area contributed by atoms with Crippen molar-refractivity contribution in [2.45, 2.75) is 45.3 Å². The SMILES string of the molecule is CCC(C)NC(=O)C(Cc1ccccc1)N(Cc1cccc(OC)c1)C(=O)CN(c1cc(Cl)ccc1Cl)S(C)(=O)=O. The normalized spacial score (nSPS) is 12.7. The Morgan fingerprint density at radius 2 is 1.66 bits per heavy atom. The van der Waals surface area contributed by atoms with Crippen molar-refractivity contribution in [3.8, 4) is 5.75 Å². The standard InChI is InChI=1S/C30H35Cl2N3O5S/c1-5-21(2)33-30(37)28(17-22-10-7-6-8-11-22)34(19-23-12-9-13-25(16-23)40-3)29(36)20-35(41(4,38)39)27-18-24(31)14-15-26(27)32/h6-16,18,21,28H,5,17,19-20H2,1-4H3,(H,33,37). The van der Waals surface area contributed by atoms with E-state index in [0.717, 1.165) is 16.1 Å². The van der Waals surface area contributed by atoms with Crippen LogP contribution in [0.5, 0.6) is 5.75 Å². The molecule has 3 aromatic carbocycles. The maximum atomic E-state index is 14.2. The highest BCUT2D eigenvalue weighted by Crippen LogP contribution is 2.31. The van der Waals surface area contributed by atoms with Crippen LogP contribution < -0.4 is 14.4 Å². The van der Waals surface area contributed by atoms with Crippen LogP contribution in [-0.2, 0) is 32.6 Å². The molecule has 0 radical (unpaired) electrons. The van der Waals surface area contributed by atoms with Crippen molar-refractivity contribution in [1.82, 2.24) is 10.2 Å². The number of ether oxygens (including phenoxy) is 1. The average Bonchev–Trinajstić information content (AvgIpc) is 2.94. The maximum absolute atomic E-state index is 14.2. The van der Waals surface area contributed by atoms with Crippen LogP contribution in [0.3, 0.4) is 0 Å². The zero-order valence-electron chi connectivity index (χ0n) is 23.5. The van der Waals surface area contributed by atoms with Crippen LogP contribution in [0.15, 0.2) is 72.8 Å². The van der Waals surface area contributed by atoms with E-state index >= 15 is 0 Å². The Hall–Kier alpha value is -3.27. The molecular formula is C30H35Cl2N3O5S. The van der Waals surface area contributed by atoms with Crippen molar-refractivity contribution in [2.24, 2.45) is 0 Å². The van der Waals surface area contributed by atoms with Crippen molar-refractivity contribution in [1.29, 1.82) is 0 Å². The minimum absolute atomic E-state index is 0.0301. The van der Waals surface area contributed by atoms with Crippen molar-refractivity contribution in [3.63, 3.8) is 0 Å². The minimum Gasteiger partial charge on any atom is -0.497 e. The second-order valence-corrected chi connectivity index (χ2v) is 12.5. The van der Waals surface area contributed by atoms with Crippen LogP contribution in [0.1, 0.15) is 31.4 Å². The average molecular weight is 621 g/mol. The van der Waals surface area contributed by atoms with Crippen LogP contribution in [0, 0.1) is 0 Å². The van der Waals surface area contributed by atoms with Crippen LogP contribution >= 0.6 is 23.2 Å². The fourth-order valence-electron chi connectivity index (χ4n) is 4.23. The Morgan fingerprint density at radius 3 is 2.29 bits per heavy atom. The van der Waals surface area contributed by atoms with E-state index in [9.17, 15) is 18.0 Å². The Kier molecular flexibility index (Phi) is 11.5. The highest BCUT2D eigenvalue weighted by molar-refractivity contribution is 7.92. The fraction of sp³-hybridized carbons (Fsp3) is 0.333. The number of carbonyl (C=O) groups excluding carboxylic acids is 2. The van der Waals surface area contributed by atoms with Gasteiger partial charge in [0.2, 0.25) is 21.8 Å². The molecule has 11 heteroatoms. The number of rotatable bonds is 13. The molecule has 0 fully saturated rings. The van der Waals surface area contributed by atoms with Gasteiger partial charge < -0.3 is 15.0 Å². The van der Waals surface area contributed by atoms with Gasteiger partial charge in [-0.1, -0.05) is 72.6 Å². The molecule has 2 atom stereocenters. The topological polar surface area (TPSA) is 96.0 Å². The maximum Gasteiger partial charge on any atom is 0.244 e. The molecule has 3 aromatic rings. The van der Waals surface area contributed by atoms with E-state index in [4.69, 9.17) is 27.9 Å². The molecular weight excluding hydrogens is 585 g/mol. The summed E-state index contributed by atoms with van der Waals surface area (Å²) in [6.45, 7) is 3.28. The number of hydrogen-bond donors (Lipinski definition) is 1. The molecule has 3 rings (SSSR count). The molecule has 0 aliphatic rings. The van der Waals surface area contributed by atoms with Gasteiger partial charge in [-0.25, -0.2) is 8.42 Å². The van der Waals surface area contributed by atoms with Gasteiger partial charge in [0.25, 0.3) is 0 Å². The molecule has 0 aliphatic heterocycles. The molecule has 1 N–H and O–H groups in total. The molecule has 2 amide bonds. The number of benzene rings is 3. The van der Waals surface area contributed by atoms with Gasteiger partial charge in [-0.15, -0.1) is 0 Å². The Bertz CT molecular complexity index is 1450. The first kappa shape index (κ1) is 32.2. The Labute approximate surface area is 252 Å². The summed E-state index contributed by atoms with van der Waals surface area (Å²) in [4.78, 5) is 29.3. The van der Waals surface area contributed by atoms with Gasteiger partial charge >= 0.3 is 0 Å². The third-order valence-corrected chi connectivity index (χ3v) is 8.30.